The van der Waals surface area contributed by atoms with Crippen LogP contribution in [0.4, 0.5) is 0 Å². The molecular formula is C12H14ClNO3S. The lowest BCUT2D eigenvalue weighted by Crippen LogP contribution is -2.00. The van der Waals surface area contributed by atoms with Crippen molar-refractivity contribution in [3.63, 3.8) is 0 Å². The molecule has 0 aliphatic heterocycles. The zero-order valence-corrected chi connectivity index (χ0v) is 11.4. The number of hydrogen-bond acceptors (Lipinski definition) is 4. The second-order valence-corrected chi connectivity index (χ2v) is 6.68. The minimum Gasteiger partial charge on any atom is -0.494 e. The maximum Gasteiger partial charge on any atom is 0.232 e. The molecule has 0 fully saturated rings. The van der Waals surface area contributed by atoms with Gasteiger partial charge in [0.2, 0.25) is 9.05 Å². The van der Waals surface area contributed by atoms with Crippen LogP contribution in [0, 0.1) is 11.3 Å². The first-order chi connectivity index (χ1) is 8.51. The first-order valence-electron chi connectivity index (χ1n) is 5.56. The highest BCUT2D eigenvalue weighted by Crippen LogP contribution is 2.12. The third kappa shape index (κ3) is 6.48. The van der Waals surface area contributed by atoms with E-state index < -0.39 is 9.05 Å². The Bertz CT molecular complexity index is 505. The summed E-state index contributed by atoms with van der Waals surface area (Å²) >= 11 is 0. The lowest BCUT2D eigenvalue weighted by Gasteiger charge is -2.05. The standard InChI is InChI=1S/C12H14ClNO3S/c13-18(15,16)9-3-1-2-8-17-12-6-4-11(10-14)5-7-12/h4-7H,1-3,8-9H2. The summed E-state index contributed by atoms with van der Waals surface area (Å²) in [6, 6.07) is 8.88. The molecular weight excluding hydrogens is 274 g/mol. The van der Waals surface area contributed by atoms with E-state index in [1.807, 2.05) is 6.07 Å². The van der Waals surface area contributed by atoms with Gasteiger partial charge in [0.25, 0.3) is 0 Å². The summed E-state index contributed by atoms with van der Waals surface area (Å²) in [5, 5.41) is 8.62. The van der Waals surface area contributed by atoms with Gasteiger partial charge in [-0.2, -0.15) is 5.26 Å². The number of nitrogens with zero attached hydrogens (tertiary/aromatic N) is 1. The highest BCUT2D eigenvalue weighted by Gasteiger charge is 2.03. The molecule has 1 rings (SSSR count). The Kier molecular flexibility index (Phi) is 5.96. The highest BCUT2D eigenvalue weighted by molar-refractivity contribution is 8.13. The first-order valence-corrected chi connectivity index (χ1v) is 8.04. The highest BCUT2D eigenvalue weighted by atomic mass is 35.7. The van der Waals surface area contributed by atoms with Crippen LogP contribution in [0.2, 0.25) is 0 Å². The molecule has 0 saturated carbocycles. The van der Waals surface area contributed by atoms with Crippen LogP contribution in [-0.4, -0.2) is 20.8 Å². The van der Waals surface area contributed by atoms with Crippen molar-refractivity contribution in [2.75, 3.05) is 12.4 Å². The van der Waals surface area contributed by atoms with Gasteiger partial charge in [0.15, 0.2) is 0 Å². The second kappa shape index (κ2) is 7.24. The summed E-state index contributed by atoms with van der Waals surface area (Å²) in [6.07, 6.45) is 2.07. The minimum absolute atomic E-state index is 0.00538. The van der Waals surface area contributed by atoms with Crippen molar-refractivity contribution in [3.8, 4) is 11.8 Å². The molecule has 0 atom stereocenters. The molecule has 6 heteroatoms. The van der Waals surface area contributed by atoms with Crippen LogP contribution in [0.1, 0.15) is 24.8 Å². The Morgan fingerprint density at radius 2 is 1.83 bits per heavy atom. The molecule has 0 N–H and O–H groups in total. The maximum absolute atomic E-state index is 10.7. The van der Waals surface area contributed by atoms with E-state index in [0.717, 1.165) is 12.8 Å². The lowest BCUT2D eigenvalue weighted by molar-refractivity contribution is 0.306. The smallest absolute Gasteiger partial charge is 0.232 e. The van der Waals surface area contributed by atoms with Gasteiger partial charge in [0.1, 0.15) is 5.75 Å². The SMILES string of the molecule is N#Cc1ccc(OCCCCCS(=O)(=O)Cl)cc1. The molecule has 1 aromatic carbocycles. The van der Waals surface area contributed by atoms with Crippen LogP contribution in [0.15, 0.2) is 24.3 Å². The van der Waals surface area contributed by atoms with Gasteiger partial charge in [-0.15, -0.1) is 0 Å². The third-order valence-corrected chi connectivity index (χ3v) is 3.52. The molecule has 0 amide bonds. The van der Waals surface area contributed by atoms with Crippen LogP contribution >= 0.6 is 10.7 Å². The van der Waals surface area contributed by atoms with Gasteiger partial charge < -0.3 is 4.74 Å². The van der Waals surface area contributed by atoms with Crippen LogP contribution in [0.25, 0.3) is 0 Å². The molecule has 0 bridgehead atoms. The van der Waals surface area contributed by atoms with Gasteiger partial charge in [-0.05, 0) is 43.5 Å². The summed E-state index contributed by atoms with van der Waals surface area (Å²) in [5.74, 6) is 0.713. The molecule has 0 aliphatic carbocycles. The number of ether oxygens (including phenoxy) is 1. The topological polar surface area (TPSA) is 67.2 Å². The summed E-state index contributed by atoms with van der Waals surface area (Å²) in [4.78, 5) is 0. The van der Waals surface area contributed by atoms with Gasteiger partial charge >= 0.3 is 0 Å². The van der Waals surface area contributed by atoms with E-state index in [1.54, 1.807) is 24.3 Å². The molecule has 0 spiro atoms. The van der Waals surface area contributed by atoms with Gasteiger partial charge in [0.05, 0.1) is 24.0 Å². The number of halogens is 1. The quantitative estimate of drug-likeness (QED) is 0.571. The Labute approximate surface area is 112 Å². The van der Waals surface area contributed by atoms with E-state index in [-0.39, 0.29) is 5.75 Å². The lowest BCUT2D eigenvalue weighted by atomic mass is 10.2. The molecule has 0 radical (unpaired) electrons. The zero-order valence-electron chi connectivity index (χ0n) is 9.80. The molecule has 18 heavy (non-hydrogen) atoms. The van der Waals surface area contributed by atoms with Gasteiger partial charge in [-0.25, -0.2) is 8.42 Å². The summed E-state index contributed by atoms with van der Waals surface area (Å²) in [6.45, 7) is 0.522. The number of nitriles is 1. The van der Waals surface area contributed by atoms with Gasteiger partial charge in [0, 0.05) is 10.7 Å². The van der Waals surface area contributed by atoms with Crippen molar-refractivity contribution in [2.24, 2.45) is 0 Å². The molecule has 0 saturated heterocycles. The van der Waals surface area contributed by atoms with Gasteiger partial charge in [-0.3, -0.25) is 0 Å². The van der Waals surface area contributed by atoms with Crippen molar-refractivity contribution >= 4 is 19.7 Å². The molecule has 0 aromatic heterocycles. The minimum atomic E-state index is -3.37. The fourth-order valence-electron chi connectivity index (χ4n) is 1.37. The van der Waals surface area contributed by atoms with Gasteiger partial charge in [-0.1, -0.05) is 0 Å². The van der Waals surface area contributed by atoms with Crippen LogP contribution in [-0.2, 0) is 9.05 Å². The number of hydrogen-bond donors (Lipinski definition) is 0. The summed E-state index contributed by atoms with van der Waals surface area (Å²) in [5.41, 5.74) is 0.592. The molecule has 4 nitrogen and oxygen atoms in total. The molecule has 0 heterocycles. The average molecular weight is 288 g/mol. The number of benzene rings is 1. The normalized spacial score (nSPS) is 10.9. The summed E-state index contributed by atoms with van der Waals surface area (Å²) in [7, 11) is 1.71. The van der Waals surface area contributed by atoms with Crippen molar-refractivity contribution in [1.82, 2.24) is 0 Å². The fraction of sp³-hybridized carbons (Fsp3) is 0.417. The van der Waals surface area contributed by atoms with Crippen LogP contribution in [0.3, 0.4) is 0 Å². The van der Waals surface area contributed by atoms with Crippen molar-refractivity contribution < 1.29 is 13.2 Å². The van der Waals surface area contributed by atoms with E-state index in [4.69, 9.17) is 20.7 Å². The van der Waals surface area contributed by atoms with E-state index in [0.29, 0.717) is 24.3 Å². The molecule has 1 aromatic rings. The Morgan fingerprint density at radius 3 is 2.39 bits per heavy atom. The monoisotopic (exact) mass is 287 g/mol. The average Bonchev–Trinajstić information content (AvgIpc) is 2.33. The number of rotatable bonds is 7. The van der Waals surface area contributed by atoms with Crippen LogP contribution in [0.5, 0.6) is 5.75 Å². The van der Waals surface area contributed by atoms with E-state index in [9.17, 15) is 8.42 Å². The molecule has 98 valence electrons. The predicted octanol–water partition coefficient (Wildman–Crippen LogP) is 2.68. The van der Waals surface area contributed by atoms with Crippen molar-refractivity contribution in [2.45, 2.75) is 19.3 Å². The summed E-state index contributed by atoms with van der Waals surface area (Å²) < 4.78 is 26.8. The first kappa shape index (κ1) is 14.8. The molecule has 0 aliphatic rings. The number of unbranched alkanes of at least 4 members (excludes halogenated alkanes) is 2. The van der Waals surface area contributed by atoms with E-state index in [2.05, 4.69) is 0 Å². The molecule has 0 unspecified atom stereocenters. The maximum atomic E-state index is 10.7. The third-order valence-electron chi connectivity index (χ3n) is 2.28. The zero-order chi connectivity index (χ0) is 13.4. The Morgan fingerprint density at radius 1 is 1.17 bits per heavy atom. The predicted molar refractivity (Wildman–Crippen MR) is 70.1 cm³/mol. The van der Waals surface area contributed by atoms with Crippen molar-refractivity contribution in [1.29, 1.82) is 5.26 Å². The van der Waals surface area contributed by atoms with E-state index in [1.165, 1.54) is 0 Å². The Hall–Kier alpha value is -1.25. The largest absolute Gasteiger partial charge is 0.494 e. The fourth-order valence-corrected chi connectivity index (χ4v) is 2.25. The Balaban J connectivity index is 2.16. The van der Waals surface area contributed by atoms with E-state index >= 15 is 0 Å². The van der Waals surface area contributed by atoms with Crippen LogP contribution < -0.4 is 4.74 Å². The second-order valence-electron chi connectivity index (χ2n) is 3.79. The van der Waals surface area contributed by atoms with Crippen molar-refractivity contribution in [3.05, 3.63) is 29.8 Å².